The Balaban J connectivity index is 1.20. The van der Waals surface area contributed by atoms with E-state index in [0.717, 1.165) is 55.8 Å². The molecule has 0 bridgehead atoms. The lowest BCUT2D eigenvalue weighted by Crippen LogP contribution is -2.14. The summed E-state index contributed by atoms with van der Waals surface area (Å²) in [6.45, 7) is 4.65. The number of nitrogens with zero attached hydrogens (tertiary/aromatic N) is 2. The minimum absolute atomic E-state index is 0.114. The van der Waals surface area contributed by atoms with Gasteiger partial charge in [0.25, 0.3) is 0 Å². The molecule has 0 unspecified atom stereocenters. The molecule has 0 N–H and O–H groups in total. The molecule has 0 radical (unpaired) electrons. The Kier molecular flexibility index (Phi) is 5.85. The van der Waals surface area contributed by atoms with Gasteiger partial charge in [-0.25, -0.2) is 9.97 Å². The van der Waals surface area contributed by atoms with Crippen molar-refractivity contribution in [2.75, 3.05) is 0 Å². The molecule has 9 rings (SSSR count). The first-order valence-corrected chi connectivity index (χ1v) is 15.7. The van der Waals surface area contributed by atoms with Crippen LogP contribution in [0.3, 0.4) is 0 Å². The summed E-state index contributed by atoms with van der Waals surface area (Å²) in [6.07, 6.45) is 0. The Hall–Kier alpha value is -5.80. The van der Waals surface area contributed by atoms with Gasteiger partial charge in [-0.3, -0.25) is 0 Å². The van der Waals surface area contributed by atoms with Gasteiger partial charge in [-0.15, -0.1) is 0 Å². The summed E-state index contributed by atoms with van der Waals surface area (Å²) in [5.41, 5.74) is 14.2. The monoisotopic (exact) mass is 590 g/mol. The van der Waals surface area contributed by atoms with Crippen LogP contribution in [-0.2, 0) is 5.41 Å². The largest absolute Gasteiger partial charge is 0.456 e. The van der Waals surface area contributed by atoms with E-state index in [1.807, 2.05) is 42.5 Å². The molecule has 2 aromatic heterocycles. The zero-order valence-electron chi connectivity index (χ0n) is 25.7. The van der Waals surface area contributed by atoms with Gasteiger partial charge in [-0.2, -0.15) is 0 Å². The van der Waals surface area contributed by atoms with Crippen LogP contribution >= 0.6 is 0 Å². The molecule has 1 aliphatic carbocycles. The van der Waals surface area contributed by atoms with Crippen LogP contribution in [-0.4, -0.2) is 9.97 Å². The number of para-hydroxylation sites is 1. The number of fused-ring (bicyclic) bond motifs is 7. The summed E-state index contributed by atoms with van der Waals surface area (Å²) in [7, 11) is 0. The van der Waals surface area contributed by atoms with Crippen molar-refractivity contribution < 1.29 is 4.42 Å². The minimum atomic E-state index is -0.114. The fourth-order valence-corrected chi connectivity index (χ4v) is 7.17. The molecule has 0 saturated heterocycles. The van der Waals surface area contributed by atoms with Gasteiger partial charge in [0.15, 0.2) is 5.82 Å². The van der Waals surface area contributed by atoms with Crippen LogP contribution in [0.15, 0.2) is 150 Å². The van der Waals surface area contributed by atoms with Crippen LogP contribution in [0.5, 0.6) is 0 Å². The molecule has 2 heterocycles. The van der Waals surface area contributed by atoms with E-state index in [1.54, 1.807) is 0 Å². The predicted molar refractivity (Wildman–Crippen MR) is 189 cm³/mol. The Bertz CT molecular complexity index is 2380. The normalized spacial score (nSPS) is 13.2. The fraction of sp³-hybridized carbons (Fsp3) is 0.0698. The lowest BCUT2D eigenvalue weighted by Gasteiger charge is -2.21. The van der Waals surface area contributed by atoms with Crippen LogP contribution in [0.4, 0.5) is 0 Å². The molecule has 6 aromatic carbocycles. The molecule has 0 atom stereocenters. The van der Waals surface area contributed by atoms with Crippen LogP contribution in [0.1, 0.15) is 25.0 Å². The van der Waals surface area contributed by atoms with Crippen molar-refractivity contribution in [3.8, 4) is 56.2 Å². The second-order valence-electron chi connectivity index (χ2n) is 12.6. The second kappa shape index (κ2) is 10.1. The molecule has 3 heteroatoms. The Morgan fingerprint density at radius 1 is 0.478 bits per heavy atom. The Morgan fingerprint density at radius 3 is 1.83 bits per heavy atom. The smallest absolute Gasteiger partial charge is 0.160 e. The maximum Gasteiger partial charge on any atom is 0.160 e. The highest BCUT2D eigenvalue weighted by Gasteiger charge is 2.37. The van der Waals surface area contributed by atoms with Crippen molar-refractivity contribution in [1.29, 1.82) is 0 Å². The molecule has 8 aromatic rings. The first-order chi connectivity index (χ1) is 22.5. The molecule has 0 amide bonds. The van der Waals surface area contributed by atoms with Crippen LogP contribution in [0.2, 0.25) is 0 Å². The first kappa shape index (κ1) is 26.6. The number of benzene rings is 6. The highest BCUT2D eigenvalue weighted by Crippen LogP contribution is 2.53. The molecule has 0 saturated carbocycles. The van der Waals surface area contributed by atoms with E-state index >= 15 is 0 Å². The van der Waals surface area contributed by atoms with E-state index in [4.69, 9.17) is 14.4 Å². The Morgan fingerprint density at radius 2 is 1.09 bits per heavy atom. The summed E-state index contributed by atoms with van der Waals surface area (Å²) in [5, 5.41) is 2.36. The molecule has 0 aliphatic heterocycles. The average molecular weight is 591 g/mol. The van der Waals surface area contributed by atoms with Crippen LogP contribution in [0.25, 0.3) is 78.1 Å². The number of hydrogen-bond donors (Lipinski definition) is 0. The third-order valence-electron chi connectivity index (χ3n) is 9.50. The van der Waals surface area contributed by atoms with Crippen molar-refractivity contribution in [1.82, 2.24) is 9.97 Å². The molecule has 0 spiro atoms. The lowest BCUT2D eigenvalue weighted by atomic mass is 9.82. The average Bonchev–Trinajstić information content (AvgIpc) is 3.60. The van der Waals surface area contributed by atoms with Crippen molar-refractivity contribution in [3.05, 3.63) is 157 Å². The summed E-state index contributed by atoms with van der Waals surface area (Å²) in [6, 6.07) is 51.0. The van der Waals surface area contributed by atoms with Crippen molar-refractivity contribution in [3.63, 3.8) is 0 Å². The second-order valence-corrected chi connectivity index (χ2v) is 12.6. The zero-order chi connectivity index (χ0) is 30.8. The minimum Gasteiger partial charge on any atom is -0.456 e. The summed E-state index contributed by atoms with van der Waals surface area (Å²) in [5.74, 6) is 0.710. The molecule has 218 valence electrons. The van der Waals surface area contributed by atoms with E-state index in [-0.39, 0.29) is 5.41 Å². The molecular weight excluding hydrogens is 560 g/mol. The van der Waals surface area contributed by atoms with E-state index in [2.05, 4.69) is 117 Å². The van der Waals surface area contributed by atoms with E-state index < -0.39 is 0 Å². The third kappa shape index (κ3) is 4.13. The third-order valence-corrected chi connectivity index (χ3v) is 9.50. The van der Waals surface area contributed by atoms with Gasteiger partial charge in [0.2, 0.25) is 0 Å². The lowest BCUT2D eigenvalue weighted by molar-refractivity contribution is 0.656. The standard InChI is InChI=1S/C43H30N2O/c1-43(2)34-21-20-30(25-33(34)40-35(43)22-23-39-41(40)32-18-9-10-19-38(32)46-39)29-16-11-17-31(24-29)42-44-36(27-12-5-3-6-13-27)26-37(45-42)28-14-7-4-8-15-28/h3-26H,1-2H3. The first-order valence-electron chi connectivity index (χ1n) is 15.7. The number of aromatic nitrogens is 2. The number of hydrogen-bond acceptors (Lipinski definition) is 3. The van der Waals surface area contributed by atoms with E-state index in [9.17, 15) is 0 Å². The van der Waals surface area contributed by atoms with Gasteiger partial charge in [0, 0.05) is 32.9 Å². The number of furan rings is 1. The van der Waals surface area contributed by atoms with Gasteiger partial charge in [-0.05, 0) is 63.7 Å². The highest BCUT2D eigenvalue weighted by atomic mass is 16.3. The fourth-order valence-electron chi connectivity index (χ4n) is 7.17. The van der Waals surface area contributed by atoms with Crippen molar-refractivity contribution >= 4 is 21.9 Å². The van der Waals surface area contributed by atoms with Crippen LogP contribution < -0.4 is 0 Å². The van der Waals surface area contributed by atoms with Crippen molar-refractivity contribution in [2.24, 2.45) is 0 Å². The van der Waals surface area contributed by atoms with E-state index in [1.165, 1.54) is 27.6 Å². The van der Waals surface area contributed by atoms with Crippen LogP contribution in [0, 0.1) is 0 Å². The Labute approximate surface area is 267 Å². The zero-order valence-corrected chi connectivity index (χ0v) is 25.7. The van der Waals surface area contributed by atoms with E-state index in [0.29, 0.717) is 5.82 Å². The summed E-state index contributed by atoms with van der Waals surface area (Å²) >= 11 is 0. The van der Waals surface area contributed by atoms with Crippen molar-refractivity contribution in [2.45, 2.75) is 19.3 Å². The maximum absolute atomic E-state index is 6.31. The molecule has 3 nitrogen and oxygen atoms in total. The topological polar surface area (TPSA) is 38.9 Å². The van der Waals surface area contributed by atoms with Gasteiger partial charge in [-0.1, -0.05) is 129 Å². The molecule has 0 fully saturated rings. The number of rotatable bonds is 4. The molecule has 1 aliphatic rings. The van der Waals surface area contributed by atoms with Gasteiger partial charge >= 0.3 is 0 Å². The van der Waals surface area contributed by atoms with Gasteiger partial charge < -0.3 is 4.42 Å². The predicted octanol–water partition coefficient (Wildman–Crippen LogP) is 11.4. The summed E-state index contributed by atoms with van der Waals surface area (Å²) in [4.78, 5) is 10.2. The molecule has 46 heavy (non-hydrogen) atoms. The SMILES string of the molecule is CC1(C)c2ccc(-c3cccc(-c4nc(-c5ccccc5)cc(-c5ccccc5)n4)c3)cc2-c2c1ccc1oc3ccccc3c21. The maximum atomic E-state index is 6.31. The highest BCUT2D eigenvalue weighted by molar-refractivity contribution is 6.15. The van der Waals surface area contributed by atoms with Gasteiger partial charge in [0.1, 0.15) is 11.2 Å². The quantitative estimate of drug-likeness (QED) is 0.205. The summed E-state index contributed by atoms with van der Waals surface area (Å²) < 4.78 is 6.31. The molecular formula is C43H30N2O. The van der Waals surface area contributed by atoms with Gasteiger partial charge in [0.05, 0.1) is 11.4 Å².